The first kappa shape index (κ1) is 22.8. The number of ether oxygens (including phenoxy) is 1. The summed E-state index contributed by atoms with van der Waals surface area (Å²) in [4.78, 5) is 30.8. The third kappa shape index (κ3) is 4.69. The number of hydrogen-bond donors (Lipinski definition) is 1. The van der Waals surface area contributed by atoms with Gasteiger partial charge in [-0.15, -0.1) is 11.3 Å². The van der Waals surface area contributed by atoms with Gasteiger partial charge in [0, 0.05) is 47.7 Å². The van der Waals surface area contributed by atoms with E-state index in [1.165, 1.54) is 30.2 Å². The zero-order valence-corrected chi connectivity index (χ0v) is 19.6. The van der Waals surface area contributed by atoms with Gasteiger partial charge >= 0.3 is 0 Å². The molecule has 0 saturated carbocycles. The highest BCUT2D eigenvalue weighted by molar-refractivity contribution is 7.99. The van der Waals surface area contributed by atoms with E-state index in [1.54, 1.807) is 6.07 Å². The fourth-order valence-corrected chi connectivity index (χ4v) is 5.90. The van der Waals surface area contributed by atoms with E-state index >= 15 is 0 Å². The number of anilines is 1. The van der Waals surface area contributed by atoms with Gasteiger partial charge in [-0.3, -0.25) is 19.9 Å². The van der Waals surface area contributed by atoms with E-state index < -0.39 is 10.8 Å². The number of aromatic nitrogens is 1. The quantitative estimate of drug-likeness (QED) is 0.362. The van der Waals surface area contributed by atoms with Gasteiger partial charge in [0.05, 0.1) is 38.0 Å². The van der Waals surface area contributed by atoms with Crippen molar-refractivity contribution in [1.29, 1.82) is 0 Å². The molecule has 2 aromatic heterocycles. The molecule has 4 rings (SSSR count). The number of pyridine rings is 1. The highest BCUT2D eigenvalue weighted by Gasteiger charge is 2.26. The van der Waals surface area contributed by atoms with Gasteiger partial charge in [0.25, 0.3) is 11.6 Å². The Bertz CT molecular complexity index is 1180. The Morgan fingerprint density at radius 2 is 1.91 bits per heavy atom. The summed E-state index contributed by atoms with van der Waals surface area (Å²) < 4.78 is 5.43. The molecular weight excluding hydrogens is 495 g/mol. The highest BCUT2D eigenvalue weighted by atomic mass is 35.5. The molecule has 0 bridgehead atoms. The molecule has 0 aliphatic carbocycles. The van der Waals surface area contributed by atoms with E-state index in [2.05, 4.69) is 9.88 Å². The Hall–Kier alpha value is -2.37. The molecule has 3 heterocycles. The minimum Gasteiger partial charge on any atom is -0.378 e. The van der Waals surface area contributed by atoms with Gasteiger partial charge in [-0.2, -0.15) is 0 Å². The molecule has 8 nitrogen and oxygen atoms in total. The van der Waals surface area contributed by atoms with Crippen molar-refractivity contribution in [2.75, 3.05) is 31.2 Å². The van der Waals surface area contributed by atoms with Gasteiger partial charge in [-0.05, 0) is 12.1 Å². The number of carbonyl (C=O) groups excluding carboxylic acids is 1. The number of nitro groups is 1. The SMILES string of the molecule is NC(=O)c1cc([N+](=O)[O-])c(-c2ccc(N3CCOCC3)cc2Sc2c(Cl)cncc2Cl)s1. The van der Waals surface area contributed by atoms with Crippen LogP contribution in [0.5, 0.6) is 0 Å². The Morgan fingerprint density at radius 3 is 2.53 bits per heavy atom. The van der Waals surface area contributed by atoms with Crippen LogP contribution in [0.4, 0.5) is 11.4 Å². The van der Waals surface area contributed by atoms with Gasteiger partial charge in [0.1, 0.15) is 4.88 Å². The van der Waals surface area contributed by atoms with Crippen LogP contribution in [0, 0.1) is 10.1 Å². The van der Waals surface area contributed by atoms with Crippen molar-refractivity contribution in [3.63, 3.8) is 0 Å². The second kappa shape index (κ2) is 9.63. The number of nitrogens with two attached hydrogens (primary N) is 1. The van der Waals surface area contributed by atoms with Crippen LogP contribution < -0.4 is 10.6 Å². The number of halogens is 2. The van der Waals surface area contributed by atoms with Crippen LogP contribution in [0.2, 0.25) is 10.0 Å². The molecule has 1 fully saturated rings. The number of primary amides is 1. The van der Waals surface area contributed by atoms with E-state index in [9.17, 15) is 14.9 Å². The zero-order valence-electron chi connectivity index (χ0n) is 16.4. The first-order valence-corrected chi connectivity index (χ1v) is 11.8. The van der Waals surface area contributed by atoms with Gasteiger partial charge in [-0.1, -0.05) is 41.0 Å². The van der Waals surface area contributed by atoms with Crippen molar-refractivity contribution in [2.24, 2.45) is 5.73 Å². The number of hydrogen-bond acceptors (Lipinski definition) is 8. The third-order valence-corrected chi connectivity index (χ3v) is 7.93. The van der Waals surface area contributed by atoms with Crippen LogP contribution in [0.1, 0.15) is 9.67 Å². The molecule has 12 heteroatoms. The number of morpholine rings is 1. The van der Waals surface area contributed by atoms with Gasteiger partial charge in [0.15, 0.2) is 0 Å². The first-order valence-electron chi connectivity index (χ1n) is 9.37. The van der Waals surface area contributed by atoms with E-state index in [4.69, 9.17) is 33.7 Å². The number of rotatable bonds is 6. The minimum atomic E-state index is -0.719. The van der Waals surface area contributed by atoms with E-state index in [0.29, 0.717) is 43.5 Å². The summed E-state index contributed by atoms with van der Waals surface area (Å²) in [7, 11) is 0. The molecule has 1 amide bonds. The molecule has 3 aromatic rings. The summed E-state index contributed by atoms with van der Waals surface area (Å²) in [5.41, 5.74) is 6.72. The topological polar surface area (TPSA) is 112 Å². The molecule has 2 N–H and O–H groups in total. The summed E-state index contributed by atoms with van der Waals surface area (Å²) >= 11 is 14.9. The Balaban J connectivity index is 1.87. The van der Waals surface area contributed by atoms with Crippen LogP contribution in [-0.4, -0.2) is 42.1 Å². The fourth-order valence-electron chi connectivity index (χ4n) is 3.24. The average Bonchev–Trinajstić information content (AvgIpc) is 3.23. The molecule has 32 heavy (non-hydrogen) atoms. The molecule has 0 unspecified atom stereocenters. The van der Waals surface area contributed by atoms with Crippen molar-refractivity contribution >= 4 is 63.6 Å². The molecule has 1 aliphatic heterocycles. The Morgan fingerprint density at radius 1 is 1.22 bits per heavy atom. The Kier molecular flexibility index (Phi) is 6.87. The largest absolute Gasteiger partial charge is 0.378 e. The molecule has 1 aliphatic rings. The maximum Gasteiger partial charge on any atom is 0.288 e. The van der Waals surface area contributed by atoms with E-state index in [-0.39, 0.29) is 10.6 Å². The van der Waals surface area contributed by atoms with Crippen molar-refractivity contribution in [3.8, 4) is 10.4 Å². The van der Waals surface area contributed by atoms with Crippen LogP contribution >= 0.6 is 46.3 Å². The smallest absolute Gasteiger partial charge is 0.288 e. The molecular formula is C20H16Cl2N4O4S2. The van der Waals surface area contributed by atoms with E-state index in [0.717, 1.165) is 30.1 Å². The predicted octanol–water partition coefficient (Wildman–Crippen LogP) is 5.11. The van der Waals surface area contributed by atoms with E-state index in [1.807, 2.05) is 12.1 Å². The van der Waals surface area contributed by atoms with Gasteiger partial charge in [-0.25, -0.2) is 0 Å². The molecule has 0 atom stereocenters. The fraction of sp³-hybridized carbons (Fsp3) is 0.200. The Labute approximate surface area is 201 Å². The molecule has 1 saturated heterocycles. The standard InChI is InChI=1S/C20H16Cl2N4O4S2/c21-13-9-24-10-14(22)19(13)31-16-7-11(25-3-5-30-6-4-25)1-2-12(16)18-15(26(28)29)8-17(32-18)20(23)27/h1-2,7-10H,3-6H2,(H2,23,27). The molecule has 0 radical (unpaired) electrons. The summed E-state index contributed by atoms with van der Waals surface area (Å²) in [6.07, 6.45) is 2.97. The van der Waals surface area contributed by atoms with Gasteiger partial charge in [0.2, 0.25) is 0 Å². The van der Waals surface area contributed by atoms with Crippen LogP contribution in [0.25, 0.3) is 10.4 Å². The summed E-state index contributed by atoms with van der Waals surface area (Å²) in [6.45, 7) is 2.69. The highest BCUT2D eigenvalue weighted by Crippen LogP contribution is 2.47. The lowest BCUT2D eigenvalue weighted by Gasteiger charge is -2.29. The monoisotopic (exact) mass is 510 g/mol. The molecule has 0 spiro atoms. The summed E-state index contributed by atoms with van der Waals surface area (Å²) in [5.74, 6) is -0.719. The summed E-state index contributed by atoms with van der Waals surface area (Å²) in [6, 6.07) is 6.85. The number of nitrogens with zero attached hydrogens (tertiary/aromatic N) is 3. The second-order valence-electron chi connectivity index (χ2n) is 6.76. The van der Waals surface area contributed by atoms with Crippen LogP contribution in [-0.2, 0) is 4.74 Å². The predicted molar refractivity (Wildman–Crippen MR) is 126 cm³/mol. The normalized spacial score (nSPS) is 13.9. The first-order chi connectivity index (χ1) is 15.3. The number of amides is 1. The maximum absolute atomic E-state index is 11.7. The minimum absolute atomic E-state index is 0.111. The zero-order chi connectivity index (χ0) is 22.8. The lowest BCUT2D eigenvalue weighted by atomic mass is 10.1. The summed E-state index contributed by atoms with van der Waals surface area (Å²) in [5, 5.41) is 12.4. The van der Waals surface area contributed by atoms with Crippen LogP contribution in [0.3, 0.4) is 0 Å². The number of benzene rings is 1. The van der Waals surface area contributed by atoms with Crippen LogP contribution in [0.15, 0.2) is 46.5 Å². The lowest BCUT2D eigenvalue weighted by Crippen LogP contribution is -2.36. The van der Waals surface area contributed by atoms with Crippen molar-refractivity contribution in [3.05, 3.63) is 61.7 Å². The molecule has 166 valence electrons. The lowest BCUT2D eigenvalue weighted by molar-refractivity contribution is -0.383. The average molecular weight is 511 g/mol. The third-order valence-electron chi connectivity index (χ3n) is 4.76. The molecule has 1 aromatic carbocycles. The van der Waals surface area contributed by atoms with Crippen molar-refractivity contribution in [2.45, 2.75) is 9.79 Å². The van der Waals surface area contributed by atoms with Gasteiger partial charge < -0.3 is 15.4 Å². The van der Waals surface area contributed by atoms with Crippen molar-refractivity contribution in [1.82, 2.24) is 4.98 Å². The second-order valence-corrected chi connectivity index (χ2v) is 9.68. The number of thiophene rings is 1. The number of carbonyl (C=O) groups is 1. The maximum atomic E-state index is 11.7. The van der Waals surface area contributed by atoms with Crippen molar-refractivity contribution < 1.29 is 14.5 Å².